The van der Waals surface area contributed by atoms with Gasteiger partial charge in [0, 0.05) is 5.56 Å². The topological polar surface area (TPSA) is 44.0 Å². The first-order valence-electron chi connectivity index (χ1n) is 5.77. The molecular weight excluding hydrogens is 267 g/mol. The second-order valence-corrected chi connectivity index (χ2v) is 4.39. The number of nitriles is 1. The average molecular weight is 277 g/mol. The molecule has 1 N–H and O–H groups in total. The van der Waals surface area contributed by atoms with Crippen LogP contribution in [0.5, 0.6) is 0 Å². The monoisotopic (exact) mass is 277 g/mol. The van der Waals surface area contributed by atoms with E-state index < -0.39 is 29.1 Å². The SMILES string of the molecule is Cc1ccc([C@@H](O)c2c(F)cc(C#N)cc2F)c(F)c1. The molecule has 0 radical (unpaired) electrons. The van der Waals surface area contributed by atoms with Crippen molar-refractivity contribution in [3.8, 4) is 6.07 Å². The second kappa shape index (κ2) is 5.35. The van der Waals surface area contributed by atoms with Gasteiger partial charge in [0.1, 0.15) is 23.6 Å². The Labute approximate surface area is 113 Å². The van der Waals surface area contributed by atoms with Crippen molar-refractivity contribution in [2.75, 3.05) is 0 Å². The molecule has 0 aliphatic rings. The molecule has 2 nitrogen and oxygen atoms in total. The standard InChI is InChI=1S/C15H10F3NO/c1-8-2-3-10(11(16)4-8)15(20)14-12(17)5-9(7-19)6-13(14)18/h2-6,15,20H,1H3/t15-/m1/s1. The number of rotatable bonds is 2. The molecule has 0 unspecified atom stereocenters. The van der Waals surface area contributed by atoms with Crippen LogP contribution >= 0.6 is 0 Å². The Morgan fingerprint density at radius 3 is 2.15 bits per heavy atom. The van der Waals surface area contributed by atoms with Crippen LogP contribution in [-0.4, -0.2) is 5.11 Å². The highest BCUT2D eigenvalue weighted by atomic mass is 19.1. The largest absolute Gasteiger partial charge is 0.383 e. The lowest BCUT2D eigenvalue weighted by atomic mass is 9.98. The van der Waals surface area contributed by atoms with Crippen LogP contribution in [0.2, 0.25) is 0 Å². The second-order valence-electron chi connectivity index (χ2n) is 4.39. The van der Waals surface area contributed by atoms with E-state index >= 15 is 0 Å². The number of aliphatic hydroxyl groups excluding tert-OH is 1. The van der Waals surface area contributed by atoms with Crippen molar-refractivity contribution < 1.29 is 18.3 Å². The van der Waals surface area contributed by atoms with Gasteiger partial charge in [-0.25, -0.2) is 13.2 Å². The lowest BCUT2D eigenvalue weighted by Gasteiger charge is -2.14. The van der Waals surface area contributed by atoms with Gasteiger partial charge in [0.05, 0.1) is 17.2 Å². The lowest BCUT2D eigenvalue weighted by Crippen LogP contribution is -2.08. The Morgan fingerprint density at radius 1 is 1.05 bits per heavy atom. The first-order chi connectivity index (χ1) is 9.43. The van der Waals surface area contributed by atoms with E-state index in [1.165, 1.54) is 12.1 Å². The molecule has 20 heavy (non-hydrogen) atoms. The smallest absolute Gasteiger partial charge is 0.133 e. The molecule has 0 spiro atoms. The van der Waals surface area contributed by atoms with Crippen molar-refractivity contribution in [3.05, 3.63) is 70.0 Å². The highest BCUT2D eigenvalue weighted by Crippen LogP contribution is 2.29. The predicted octanol–water partition coefficient (Wildman–Crippen LogP) is 3.37. The number of hydrogen-bond acceptors (Lipinski definition) is 2. The molecule has 102 valence electrons. The number of nitrogens with zero attached hydrogens (tertiary/aromatic N) is 1. The van der Waals surface area contributed by atoms with Crippen LogP contribution in [0.15, 0.2) is 30.3 Å². The van der Waals surface area contributed by atoms with Gasteiger partial charge in [0.15, 0.2) is 0 Å². The van der Waals surface area contributed by atoms with Crippen molar-refractivity contribution in [2.45, 2.75) is 13.0 Å². The van der Waals surface area contributed by atoms with Crippen LogP contribution in [0, 0.1) is 35.7 Å². The molecule has 5 heteroatoms. The predicted molar refractivity (Wildman–Crippen MR) is 66.3 cm³/mol. The van der Waals surface area contributed by atoms with Crippen molar-refractivity contribution >= 4 is 0 Å². The summed E-state index contributed by atoms with van der Waals surface area (Å²) in [4.78, 5) is 0. The fraction of sp³-hybridized carbons (Fsp3) is 0.133. The third-order valence-corrected chi connectivity index (χ3v) is 2.93. The van der Waals surface area contributed by atoms with Crippen molar-refractivity contribution in [2.24, 2.45) is 0 Å². The summed E-state index contributed by atoms with van der Waals surface area (Å²) in [5.41, 5.74) is -0.482. The van der Waals surface area contributed by atoms with Gasteiger partial charge in [-0.1, -0.05) is 12.1 Å². The normalized spacial score (nSPS) is 12.0. The summed E-state index contributed by atoms with van der Waals surface area (Å²) in [6.07, 6.45) is -1.77. The third kappa shape index (κ3) is 2.51. The highest BCUT2D eigenvalue weighted by molar-refractivity contribution is 5.39. The summed E-state index contributed by atoms with van der Waals surface area (Å²) in [7, 11) is 0. The van der Waals surface area contributed by atoms with Gasteiger partial charge < -0.3 is 5.11 Å². The van der Waals surface area contributed by atoms with Gasteiger partial charge in [-0.15, -0.1) is 0 Å². The van der Waals surface area contributed by atoms with E-state index in [4.69, 9.17) is 5.26 Å². The number of benzene rings is 2. The van der Waals surface area contributed by atoms with E-state index in [1.54, 1.807) is 13.0 Å². The van der Waals surface area contributed by atoms with E-state index in [0.717, 1.165) is 18.2 Å². The van der Waals surface area contributed by atoms with E-state index in [2.05, 4.69) is 0 Å². The summed E-state index contributed by atoms with van der Waals surface area (Å²) in [6, 6.07) is 7.16. The number of halogens is 3. The first-order valence-corrected chi connectivity index (χ1v) is 5.77. The van der Waals surface area contributed by atoms with Gasteiger partial charge in [-0.05, 0) is 30.7 Å². The molecule has 2 aromatic carbocycles. The van der Waals surface area contributed by atoms with E-state index in [0.29, 0.717) is 5.56 Å². The maximum Gasteiger partial charge on any atom is 0.133 e. The van der Waals surface area contributed by atoms with Gasteiger partial charge >= 0.3 is 0 Å². The van der Waals surface area contributed by atoms with Gasteiger partial charge in [0.25, 0.3) is 0 Å². The summed E-state index contributed by atoms with van der Waals surface area (Å²) < 4.78 is 41.3. The molecule has 2 rings (SSSR count). The molecule has 2 aromatic rings. The fourth-order valence-corrected chi connectivity index (χ4v) is 1.92. The summed E-state index contributed by atoms with van der Waals surface area (Å²) in [5, 5.41) is 18.6. The molecule has 0 aliphatic carbocycles. The molecule has 0 amide bonds. The molecule has 0 aromatic heterocycles. The summed E-state index contributed by atoms with van der Waals surface area (Å²) in [5.74, 6) is -2.93. The van der Waals surface area contributed by atoms with Crippen molar-refractivity contribution in [1.82, 2.24) is 0 Å². The zero-order valence-electron chi connectivity index (χ0n) is 10.5. The zero-order chi connectivity index (χ0) is 14.9. The lowest BCUT2D eigenvalue weighted by molar-refractivity contribution is 0.204. The average Bonchev–Trinajstić information content (AvgIpc) is 2.37. The van der Waals surface area contributed by atoms with Gasteiger partial charge in [-0.3, -0.25) is 0 Å². The van der Waals surface area contributed by atoms with Crippen LogP contribution in [-0.2, 0) is 0 Å². The molecule has 1 atom stereocenters. The van der Waals surface area contributed by atoms with Crippen LogP contribution in [0.4, 0.5) is 13.2 Å². The van der Waals surface area contributed by atoms with Crippen LogP contribution in [0.25, 0.3) is 0 Å². The first kappa shape index (κ1) is 14.1. The molecule has 0 saturated heterocycles. The van der Waals surface area contributed by atoms with Gasteiger partial charge in [-0.2, -0.15) is 5.26 Å². The van der Waals surface area contributed by atoms with E-state index in [-0.39, 0.29) is 11.1 Å². The molecule has 0 aliphatic heterocycles. The Balaban J connectivity index is 2.54. The Hall–Kier alpha value is -2.32. The number of aliphatic hydroxyl groups is 1. The maximum atomic E-state index is 13.8. The minimum Gasteiger partial charge on any atom is -0.383 e. The van der Waals surface area contributed by atoms with E-state index in [1.807, 2.05) is 0 Å². The van der Waals surface area contributed by atoms with Crippen molar-refractivity contribution in [1.29, 1.82) is 5.26 Å². The van der Waals surface area contributed by atoms with Gasteiger partial charge in [0.2, 0.25) is 0 Å². The Kier molecular flexibility index (Phi) is 3.77. The Morgan fingerprint density at radius 2 is 1.65 bits per heavy atom. The fourth-order valence-electron chi connectivity index (χ4n) is 1.92. The molecule has 0 heterocycles. The Bertz CT molecular complexity index is 684. The number of aryl methyl sites for hydroxylation is 1. The van der Waals surface area contributed by atoms with Crippen LogP contribution < -0.4 is 0 Å². The zero-order valence-corrected chi connectivity index (χ0v) is 10.5. The minimum atomic E-state index is -1.77. The highest BCUT2D eigenvalue weighted by Gasteiger charge is 2.23. The molecule has 0 fully saturated rings. The summed E-state index contributed by atoms with van der Waals surface area (Å²) >= 11 is 0. The summed E-state index contributed by atoms with van der Waals surface area (Å²) in [6.45, 7) is 1.65. The molecule has 0 bridgehead atoms. The molecular formula is C15H10F3NO. The maximum absolute atomic E-state index is 13.8. The quantitative estimate of drug-likeness (QED) is 0.914. The van der Waals surface area contributed by atoms with Crippen molar-refractivity contribution in [3.63, 3.8) is 0 Å². The van der Waals surface area contributed by atoms with Crippen LogP contribution in [0.1, 0.15) is 28.4 Å². The molecule has 0 saturated carbocycles. The van der Waals surface area contributed by atoms with E-state index in [9.17, 15) is 18.3 Å². The van der Waals surface area contributed by atoms with Crippen LogP contribution in [0.3, 0.4) is 0 Å². The number of hydrogen-bond donors (Lipinski definition) is 1. The third-order valence-electron chi connectivity index (χ3n) is 2.93. The minimum absolute atomic E-state index is 0.208.